The minimum absolute atomic E-state index is 0.0779. The molecule has 11 heteroatoms. The van der Waals surface area contributed by atoms with Crippen LogP contribution in [0.25, 0.3) is 0 Å². The molecule has 1 aromatic heterocycles. The number of hydrogen-bond acceptors (Lipinski definition) is 6. The third-order valence-corrected chi connectivity index (χ3v) is 4.57. The second-order valence-electron chi connectivity index (χ2n) is 6.63. The molecule has 158 valence electrons. The number of aromatic nitrogens is 2. The maximum absolute atomic E-state index is 12.5. The number of aliphatic hydroxyl groups is 1. The Bertz CT molecular complexity index is 825. The van der Waals surface area contributed by atoms with Crippen LogP contribution in [0.5, 0.6) is 5.75 Å². The molecule has 1 aliphatic heterocycles. The summed E-state index contributed by atoms with van der Waals surface area (Å²) in [7, 11) is 1.57. The molecule has 0 unspecified atom stereocenters. The number of methoxy groups -OCH3 is 1. The van der Waals surface area contributed by atoms with Crippen molar-refractivity contribution in [2.24, 2.45) is 0 Å². The summed E-state index contributed by atoms with van der Waals surface area (Å²) in [5, 5.41) is 20.9. The number of H-pyrrole nitrogens is 1. The number of halogens is 3. The molecule has 0 spiro atoms. The second kappa shape index (κ2) is 8.70. The number of alkyl halides is 3. The number of aliphatic hydroxyl groups excluding tert-OH is 1. The zero-order chi connectivity index (χ0) is 21.0. The molecule has 1 aliphatic rings. The molecule has 3 atom stereocenters. The van der Waals surface area contributed by atoms with Crippen molar-refractivity contribution in [2.75, 3.05) is 13.7 Å². The standard InChI is InChI=1S/C18H21F3N4O4/c1-28-12-4-2-10(3-5-12)6-13-16(14(26)9-22-13)29-17(27)23-8-11-7-15(25-24-11)18(19,20)21/h2-5,7,13-14,16,22,26H,6,8-9H2,1H3,(H,23,27)(H,24,25)/t13-,14+,16+/m1/s1. The zero-order valence-corrected chi connectivity index (χ0v) is 15.5. The number of carbonyl (C=O) groups is 1. The van der Waals surface area contributed by atoms with E-state index in [1.54, 1.807) is 7.11 Å². The van der Waals surface area contributed by atoms with Crippen molar-refractivity contribution in [3.05, 3.63) is 47.3 Å². The van der Waals surface area contributed by atoms with E-state index in [1.807, 2.05) is 24.3 Å². The summed E-state index contributed by atoms with van der Waals surface area (Å²) < 4.78 is 48.0. The van der Waals surface area contributed by atoms with Gasteiger partial charge in [0.1, 0.15) is 18.0 Å². The molecule has 0 radical (unpaired) electrons. The summed E-state index contributed by atoms with van der Waals surface area (Å²) in [6.45, 7) is 0.0373. The van der Waals surface area contributed by atoms with Crippen molar-refractivity contribution >= 4 is 6.09 Å². The number of alkyl carbamates (subject to hydrolysis) is 1. The fraction of sp³-hybridized carbons (Fsp3) is 0.444. The molecular weight excluding hydrogens is 393 g/mol. The molecule has 1 fully saturated rings. The number of nitrogens with zero attached hydrogens (tertiary/aromatic N) is 1. The van der Waals surface area contributed by atoms with Gasteiger partial charge in [-0.25, -0.2) is 4.79 Å². The van der Waals surface area contributed by atoms with E-state index in [9.17, 15) is 23.1 Å². The van der Waals surface area contributed by atoms with Gasteiger partial charge in [0.05, 0.1) is 25.4 Å². The number of rotatable bonds is 6. The summed E-state index contributed by atoms with van der Waals surface area (Å²) in [5.74, 6) is 0.716. The molecule has 8 nitrogen and oxygen atoms in total. The highest BCUT2D eigenvalue weighted by atomic mass is 19.4. The number of carbonyl (C=O) groups excluding carboxylic acids is 1. The SMILES string of the molecule is COc1ccc(C[C@H]2NC[C@H](O)[C@H]2OC(=O)NCc2cc(C(F)(F)F)n[nH]2)cc1. The summed E-state index contributed by atoms with van der Waals surface area (Å²) in [5.41, 5.74) is -0.0321. The Balaban J connectivity index is 1.53. The number of amides is 1. The van der Waals surface area contributed by atoms with Crippen molar-refractivity contribution < 1.29 is 32.5 Å². The zero-order valence-electron chi connectivity index (χ0n) is 15.5. The highest BCUT2D eigenvalue weighted by Gasteiger charge is 2.38. The van der Waals surface area contributed by atoms with E-state index in [0.717, 1.165) is 11.6 Å². The number of benzene rings is 1. The lowest BCUT2D eigenvalue weighted by atomic mass is 10.0. The number of aromatic amines is 1. The highest BCUT2D eigenvalue weighted by molar-refractivity contribution is 5.67. The average molecular weight is 414 g/mol. The summed E-state index contributed by atoms with van der Waals surface area (Å²) in [4.78, 5) is 12.1. The second-order valence-corrected chi connectivity index (χ2v) is 6.63. The van der Waals surface area contributed by atoms with Crippen LogP contribution in [0.15, 0.2) is 30.3 Å². The molecule has 1 amide bonds. The van der Waals surface area contributed by atoms with Crippen LogP contribution in [0.4, 0.5) is 18.0 Å². The monoisotopic (exact) mass is 414 g/mol. The number of β-amino-alcohol motifs (C(OH)–C–C–N with tert-alkyl or cyclic N) is 1. The Kier molecular flexibility index (Phi) is 6.28. The first kappa shape index (κ1) is 20.9. The minimum atomic E-state index is -4.57. The first-order valence-corrected chi connectivity index (χ1v) is 8.86. The van der Waals surface area contributed by atoms with Crippen molar-refractivity contribution in [2.45, 2.75) is 37.4 Å². The van der Waals surface area contributed by atoms with Crippen LogP contribution in [0.1, 0.15) is 17.0 Å². The molecule has 0 saturated carbocycles. The highest BCUT2D eigenvalue weighted by Crippen LogP contribution is 2.27. The van der Waals surface area contributed by atoms with E-state index in [-0.39, 0.29) is 24.8 Å². The van der Waals surface area contributed by atoms with Crippen LogP contribution in [-0.2, 0) is 23.9 Å². The molecule has 4 N–H and O–H groups in total. The fourth-order valence-corrected chi connectivity index (χ4v) is 3.07. The third kappa shape index (κ3) is 5.39. The van der Waals surface area contributed by atoms with E-state index in [4.69, 9.17) is 9.47 Å². The molecule has 3 rings (SSSR count). The van der Waals surface area contributed by atoms with Crippen molar-refractivity contribution in [1.29, 1.82) is 0 Å². The van der Waals surface area contributed by atoms with Crippen LogP contribution < -0.4 is 15.4 Å². The quantitative estimate of drug-likeness (QED) is 0.572. The molecule has 1 aromatic carbocycles. The lowest BCUT2D eigenvalue weighted by Gasteiger charge is -2.22. The Morgan fingerprint density at radius 3 is 2.69 bits per heavy atom. The molecular formula is C18H21F3N4O4. The maximum atomic E-state index is 12.5. The number of ether oxygens (including phenoxy) is 2. The molecule has 1 saturated heterocycles. The summed E-state index contributed by atoms with van der Waals surface area (Å²) in [6.07, 6.45) is -6.60. The minimum Gasteiger partial charge on any atom is -0.497 e. The Morgan fingerprint density at radius 1 is 1.34 bits per heavy atom. The van der Waals surface area contributed by atoms with E-state index >= 15 is 0 Å². The van der Waals surface area contributed by atoms with Crippen molar-refractivity contribution in [3.63, 3.8) is 0 Å². The maximum Gasteiger partial charge on any atom is 0.435 e. The van der Waals surface area contributed by atoms with Gasteiger partial charge in [-0.15, -0.1) is 0 Å². The van der Waals surface area contributed by atoms with Gasteiger partial charge in [-0.2, -0.15) is 18.3 Å². The van der Waals surface area contributed by atoms with E-state index in [1.165, 1.54) is 0 Å². The number of nitrogens with one attached hydrogen (secondary N) is 3. The molecule has 2 aromatic rings. The molecule has 0 bridgehead atoms. The lowest BCUT2D eigenvalue weighted by Crippen LogP contribution is -2.41. The van der Waals surface area contributed by atoms with E-state index < -0.39 is 30.2 Å². The van der Waals surface area contributed by atoms with Gasteiger partial charge >= 0.3 is 12.3 Å². The van der Waals surface area contributed by atoms with E-state index in [0.29, 0.717) is 12.2 Å². The Hall–Kier alpha value is -2.79. The van der Waals surface area contributed by atoms with Gasteiger partial charge in [-0.1, -0.05) is 12.1 Å². The van der Waals surface area contributed by atoms with E-state index in [2.05, 4.69) is 20.8 Å². The van der Waals surface area contributed by atoms with Gasteiger partial charge in [0, 0.05) is 6.54 Å². The Labute approximate surface area is 164 Å². The topological polar surface area (TPSA) is 108 Å². The van der Waals surface area contributed by atoms with Crippen LogP contribution in [-0.4, -0.2) is 53.3 Å². The molecule has 2 heterocycles. The predicted octanol–water partition coefficient (Wildman–Crippen LogP) is 1.61. The van der Waals surface area contributed by atoms with Gasteiger partial charge in [0.2, 0.25) is 0 Å². The van der Waals surface area contributed by atoms with Crippen molar-refractivity contribution in [3.8, 4) is 5.75 Å². The van der Waals surface area contributed by atoms with Gasteiger partial charge in [0.25, 0.3) is 0 Å². The number of hydrogen-bond donors (Lipinski definition) is 4. The van der Waals surface area contributed by atoms with Crippen LogP contribution in [0.2, 0.25) is 0 Å². The van der Waals surface area contributed by atoms with Gasteiger partial charge < -0.3 is 25.2 Å². The summed E-state index contributed by atoms with van der Waals surface area (Å²) in [6, 6.07) is 7.86. The van der Waals surface area contributed by atoms with Crippen molar-refractivity contribution in [1.82, 2.24) is 20.8 Å². The largest absolute Gasteiger partial charge is 0.497 e. The van der Waals surface area contributed by atoms with Crippen LogP contribution >= 0.6 is 0 Å². The van der Waals surface area contributed by atoms with Gasteiger partial charge in [-0.3, -0.25) is 5.10 Å². The first-order chi connectivity index (χ1) is 13.8. The lowest BCUT2D eigenvalue weighted by molar-refractivity contribution is -0.141. The van der Waals surface area contributed by atoms with Crippen LogP contribution in [0, 0.1) is 0 Å². The average Bonchev–Trinajstić information content (AvgIpc) is 3.29. The third-order valence-electron chi connectivity index (χ3n) is 4.57. The molecule has 29 heavy (non-hydrogen) atoms. The predicted molar refractivity (Wildman–Crippen MR) is 95.2 cm³/mol. The van der Waals surface area contributed by atoms with Gasteiger partial charge in [0.15, 0.2) is 5.69 Å². The van der Waals surface area contributed by atoms with Crippen LogP contribution in [0.3, 0.4) is 0 Å². The van der Waals surface area contributed by atoms with Gasteiger partial charge in [-0.05, 0) is 30.2 Å². The fourth-order valence-electron chi connectivity index (χ4n) is 3.07. The smallest absolute Gasteiger partial charge is 0.435 e. The normalized spacial score (nSPS) is 21.8. The Morgan fingerprint density at radius 2 is 2.07 bits per heavy atom. The first-order valence-electron chi connectivity index (χ1n) is 8.86. The summed E-state index contributed by atoms with van der Waals surface area (Å²) >= 11 is 0. The molecule has 0 aliphatic carbocycles.